The van der Waals surface area contributed by atoms with Crippen molar-refractivity contribution in [2.75, 3.05) is 7.11 Å². The second-order valence-electron chi connectivity index (χ2n) is 3.49. The first kappa shape index (κ1) is 12.2. The van der Waals surface area contributed by atoms with Gasteiger partial charge in [0.1, 0.15) is 0 Å². The molecule has 0 aliphatic heterocycles. The van der Waals surface area contributed by atoms with E-state index in [0.29, 0.717) is 24.7 Å². The van der Waals surface area contributed by atoms with Crippen LogP contribution >= 0.6 is 0 Å². The minimum absolute atomic E-state index is 0.110. The molecule has 0 N–H and O–H groups in total. The van der Waals surface area contributed by atoms with Crippen LogP contribution in [0.15, 0.2) is 10.9 Å². The number of unbranched alkanes of at least 4 members (excludes halogenated alkanes) is 2. The van der Waals surface area contributed by atoms with Crippen LogP contribution < -0.4 is 10.3 Å². The Labute approximate surface area is 94.3 Å². The Morgan fingerprint density at radius 1 is 1.56 bits per heavy atom. The Morgan fingerprint density at radius 2 is 2.31 bits per heavy atom. The van der Waals surface area contributed by atoms with Crippen molar-refractivity contribution in [2.24, 2.45) is 0 Å². The van der Waals surface area contributed by atoms with Crippen molar-refractivity contribution < 1.29 is 4.74 Å². The molecule has 5 nitrogen and oxygen atoms in total. The summed E-state index contributed by atoms with van der Waals surface area (Å²) in [7, 11) is 1.49. The van der Waals surface area contributed by atoms with E-state index in [1.54, 1.807) is 6.92 Å². The zero-order valence-corrected chi connectivity index (χ0v) is 9.56. The molecule has 0 amide bonds. The van der Waals surface area contributed by atoms with Crippen molar-refractivity contribution in [3.8, 4) is 12.1 Å². The predicted molar refractivity (Wildman–Crippen MR) is 59.3 cm³/mol. The van der Waals surface area contributed by atoms with Gasteiger partial charge in [-0.2, -0.15) is 5.26 Å². The topological polar surface area (TPSA) is 67.9 Å². The highest BCUT2D eigenvalue weighted by atomic mass is 16.5. The number of nitriles is 1. The van der Waals surface area contributed by atoms with Crippen LogP contribution in [0.4, 0.5) is 0 Å². The summed E-state index contributed by atoms with van der Waals surface area (Å²) in [5, 5.41) is 8.40. The second kappa shape index (κ2) is 5.91. The van der Waals surface area contributed by atoms with Gasteiger partial charge in [0, 0.05) is 24.7 Å². The lowest BCUT2D eigenvalue weighted by molar-refractivity contribution is 0.341. The van der Waals surface area contributed by atoms with Gasteiger partial charge in [0.05, 0.1) is 13.2 Å². The van der Waals surface area contributed by atoms with Crippen LogP contribution in [0.1, 0.15) is 25.0 Å². The first-order valence-corrected chi connectivity index (χ1v) is 5.18. The fourth-order valence-corrected chi connectivity index (χ4v) is 1.43. The molecule has 0 bridgehead atoms. The van der Waals surface area contributed by atoms with Gasteiger partial charge in [0.2, 0.25) is 0 Å². The molecule has 0 aromatic carbocycles. The van der Waals surface area contributed by atoms with Crippen LogP contribution in [-0.2, 0) is 6.54 Å². The summed E-state index contributed by atoms with van der Waals surface area (Å²) in [4.78, 5) is 15.8. The van der Waals surface area contributed by atoms with Gasteiger partial charge in [-0.05, 0) is 19.8 Å². The number of methoxy groups -OCH3 is 1. The molecule has 0 saturated carbocycles. The summed E-state index contributed by atoms with van der Waals surface area (Å²) in [6.07, 6.45) is 2.06. The Bertz CT molecular complexity index is 446. The molecule has 0 spiro atoms. The molecule has 5 heteroatoms. The average molecular weight is 221 g/mol. The average Bonchev–Trinajstić information content (AvgIpc) is 2.26. The molecule has 1 aromatic heterocycles. The van der Waals surface area contributed by atoms with Crippen LogP contribution in [0.2, 0.25) is 0 Å². The molecule has 16 heavy (non-hydrogen) atoms. The normalized spacial score (nSPS) is 9.81. The smallest absolute Gasteiger partial charge is 0.299 e. The van der Waals surface area contributed by atoms with Crippen LogP contribution in [0, 0.1) is 18.3 Å². The molecule has 0 unspecified atom stereocenters. The van der Waals surface area contributed by atoms with Crippen molar-refractivity contribution >= 4 is 0 Å². The van der Waals surface area contributed by atoms with E-state index in [1.165, 1.54) is 17.7 Å². The summed E-state index contributed by atoms with van der Waals surface area (Å²) in [6.45, 7) is 2.29. The summed E-state index contributed by atoms with van der Waals surface area (Å²) in [5.74, 6) is 0. The molecule has 0 aliphatic carbocycles. The maximum absolute atomic E-state index is 11.7. The maximum Gasteiger partial charge on any atom is 0.299 e. The molecule has 0 saturated heterocycles. The third-order valence-electron chi connectivity index (χ3n) is 2.20. The quantitative estimate of drug-likeness (QED) is 0.702. The highest BCUT2D eigenvalue weighted by molar-refractivity contribution is 5.06. The molecule has 0 atom stereocenters. The zero-order chi connectivity index (χ0) is 12.0. The molecule has 1 heterocycles. The summed E-state index contributed by atoms with van der Waals surface area (Å²) < 4.78 is 6.54. The SMILES string of the molecule is COc1nc(C)cc(=O)n1CCCCC#N. The van der Waals surface area contributed by atoms with E-state index in [2.05, 4.69) is 11.1 Å². The Morgan fingerprint density at radius 3 is 2.94 bits per heavy atom. The molecule has 1 rings (SSSR count). The minimum Gasteiger partial charge on any atom is -0.468 e. The van der Waals surface area contributed by atoms with Crippen molar-refractivity contribution in [1.82, 2.24) is 9.55 Å². The van der Waals surface area contributed by atoms with Gasteiger partial charge in [-0.25, -0.2) is 4.98 Å². The van der Waals surface area contributed by atoms with Crippen molar-refractivity contribution in [2.45, 2.75) is 32.7 Å². The van der Waals surface area contributed by atoms with Crippen LogP contribution in [-0.4, -0.2) is 16.7 Å². The molecule has 86 valence electrons. The van der Waals surface area contributed by atoms with Gasteiger partial charge >= 0.3 is 0 Å². The van der Waals surface area contributed by atoms with E-state index in [1.807, 2.05) is 0 Å². The van der Waals surface area contributed by atoms with E-state index < -0.39 is 0 Å². The number of hydrogen-bond donors (Lipinski definition) is 0. The van der Waals surface area contributed by atoms with E-state index in [-0.39, 0.29) is 5.56 Å². The minimum atomic E-state index is -0.110. The van der Waals surface area contributed by atoms with E-state index in [9.17, 15) is 4.79 Å². The fourth-order valence-electron chi connectivity index (χ4n) is 1.43. The molecule has 0 fully saturated rings. The number of hydrogen-bond acceptors (Lipinski definition) is 4. The highest BCUT2D eigenvalue weighted by Crippen LogP contribution is 2.06. The Hall–Kier alpha value is -1.83. The van der Waals surface area contributed by atoms with Crippen molar-refractivity contribution in [1.29, 1.82) is 5.26 Å². The van der Waals surface area contributed by atoms with Crippen molar-refractivity contribution in [3.05, 3.63) is 22.1 Å². The largest absolute Gasteiger partial charge is 0.468 e. The van der Waals surface area contributed by atoms with E-state index in [0.717, 1.165) is 12.8 Å². The molecule has 1 aromatic rings. The van der Waals surface area contributed by atoms with Gasteiger partial charge in [-0.1, -0.05) is 0 Å². The van der Waals surface area contributed by atoms with Crippen LogP contribution in [0.3, 0.4) is 0 Å². The maximum atomic E-state index is 11.7. The van der Waals surface area contributed by atoms with E-state index in [4.69, 9.17) is 10.00 Å². The van der Waals surface area contributed by atoms with Crippen LogP contribution in [0.25, 0.3) is 0 Å². The third-order valence-corrected chi connectivity index (χ3v) is 2.20. The fraction of sp³-hybridized carbons (Fsp3) is 0.545. The van der Waals surface area contributed by atoms with Gasteiger partial charge in [0.25, 0.3) is 11.6 Å². The molecular weight excluding hydrogens is 206 g/mol. The van der Waals surface area contributed by atoms with E-state index >= 15 is 0 Å². The zero-order valence-electron chi connectivity index (χ0n) is 9.56. The van der Waals surface area contributed by atoms with Gasteiger partial charge in [-0.15, -0.1) is 0 Å². The highest BCUT2D eigenvalue weighted by Gasteiger charge is 2.06. The predicted octanol–water partition coefficient (Wildman–Crippen LogP) is 1.25. The van der Waals surface area contributed by atoms with Crippen LogP contribution in [0.5, 0.6) is 6.01 Å². The summed E-state index contributed by atoms with van der Waals surface area (Å²) in [6, 6.07) is 3.89. The molecular formula is C11H15N3O2. The summed E-state index contributed by atoms with van der Waals surface area (Å²) in [5.41, 5.74) is 0.538. The number of rotatable bonds is 5. The third kappa shape index (κ3) is 3.09. The number of nitrogens with zero attached hydrogens (tertiary/aromatic N) is 3. The lowest BCUT2D eigenvalue weighted by atomic mass is 10.2. The van der Waals surface area contributed by atoms with Gasteiger partial charge in [0.15, 0.2) is 0 Å². The summed E-state index contributed by atoms with van der Waals surface area (Å²) >= 11 is 0. The van der Waals surface area contributed by atoms with Gasteiger partial charge < -0.3 is 4.74 Å². The standard InChI is InChI=1S/C11H15N3O2/c1-9-8-10(15)14(11(13-9)16-2)7-5-3-4-6-12/h8H,3-5,7H2,1-2H3. The number of aryl methyl sites for hydroxylation is 1. The second-order valence-corrected chi connectivity index (χ2v) is 3.49. The molecule has 0 radical (unpaired) electrons. The Kier molecular flexibility index (Phi) is 4.52. The Balaban J connectivity index is 2.79. The molecule has 0 aliphatic rings. The lowest BCUT2D eigenvalue weighted by Crippen LogP contribution is -2.22. The first-order chi connectivity index (χ1) is 7.69. The van der Waals surface area contributed by atoms with Gasteiger partial charge in [-0.3, -0.25) is 9.36 Å². The number of aromatic nitrogens is 2. The first-order valence-electron chi connectivity index (χ1n) is 5.18. The lowest BCUT2D eigenvalue weighted by Gasteiger charge is -2.10. The number of ether oxygens (including phenoxy) is 1. The monoisotopic (exact) mass is 221 g/mol. The van der Waals surface area contributed by atoms with Crippen molar-refractivity contribution in [3.63, 3.8) is 0 Å².